The number of halogens is 1. The minimum Gasteiger partial charge on any atom is -0.289 e. The Morgan fingerprint density at radius 3 is 3.00 bits per heavy atom. The van der Waals surface area contributed by atoms with Gasteiger partial charge in [-0.3, -0.25) is 10.1 Å². The van der Waals surface area contributed by atoms with Gasteiger partial charge in [-0.15, -0.1) is 11.8 Å². The van der Waals surface area contributed by atoms with Crippen molar-refractivity contribution in [2.45, 2.75) is 5.37 Å². The first-order chi connectivity index (χ1) is 6.70. The molecule has 1 aromatic heterocycles. The van der Waals surface area contributed by atoms with Gasteiger partial charge in [0.2, 0.25) is 0 Å². The van der Waals surface area contributed by atoms with Crippen LogP contribution in [-0.2, 0) is 7.05 Å². The number of hydrogen-bond acceptors (Lipinski definition) is 5. The highest BCUT2D eigenvalue weighted by Crippen LogP contribution is 2.36. The van der Waals surface area contributed by atoms with Crippen molar-refractivity contribution in [3.63, 3.8) is 0 Å². The van der Waals surface area contributed by atoms with Gasteiger partial charge in [-0.2, -0.15) is 10.2 Å². The number of thioether (sulfide) groups is 2. The van der Waals surface area contributed by atoms with Crippen LogP contribution in [0.5, 0.6) is 0 Å². The van der Waals surface area contributed by atoms with E-state index in [1.54, 1.807) is 34.4 Å². The van der Waals surface area contributed by atoms with Crippen LogP contribution >= 0.6 is 35.1 Å². The summed E-state index contributed by atoms with van der Waals surface area (Å²) in [5.41, 5.74) is 3.84. The highest BCUT2D eigenvalue weighted by Gasteiger charge is 2.25. The van der Waals surface area contributed by atoms with Gasteiger partial charge in [0.15, 0.2) is 4.38 Å². The van der Waals surface area contributed by atoms with Crippen LogP contribution in [-0.4, -0.2) is 20.4 Å². The lowest BCUT2D eigenvalue weighted by molar-refractivity contribution is 0.683. The Morgan fingerprint density at radius 1 is 1.71 bits per heavy atom. The molecule has 76 valence electrons. The molecule has 1 atom stereocenters. The molecule has 1 aliphatic rings. The summed E-state index contributed by atoms with van der Waals surface area (Å²) >= 11 is 9.27. The van der Waals surface area contributed by atoms with E-state index >= 15 is 0 Å². The molecule has 2 heterocycles. The minimum atomic E-state index is 0.0474. The summed E-state index contributed by atoms with van der Waals surface area (Å²) in [6.07, 6.45) is 3.78. The normalized spacial score (nSPS) is 20.8. The molecule has 2 rings (SSSR count). The second-order valence-corrected chi connectivity index (χ2v) is 5.30. The van der Waals surface area contributed by atoms with Crippen molar-refractivity contribution in [3.05, 3.63) is 16.9 Å². The first-order valence-corrected chi connectivity index (χ1v) is 6.42. The average molecular weight is 249 g/mol. The van der Waals surface area contributed by atoms with Crippen LogP contribution in [0, 0.1) is 0 Å². The van der Waals surface area contributed by atoms with Crippen LogP contribution in [0.4, 0.5) is 0 Å². The Morgan fingerprint density at radius 2 is 2.50 bits per heavy atom. The summed E-state index contributed by atoms with van der Waals surface area (Å²) in [5.74, 6) is 0. The predicted molar refractivity (Wildman–Crippen MR) is 62.6 cm³/mol. The van der Waals surface area contributed by atoms with Crippen molar-refractivity contribution in [2.75, 3.05) is 6.26 Å². The molecule has 1 aliphatic heterocycles. The minimum absolute atomic E-state index is 0.0474. The molecule has 14 heavy (non-hydrogen) atoms. The van der Waals surface area contributed by atoms with E-state index in [4.69, 9.17) is 11.6 Å². The van der Waals surface area contributed by atoms with Crippen LogP contribution in [0.2, 0.25) is 5.02 Å². The van der Waals surface area contributed by atoms with Gasteiger partial charge in [0.25, 0.3) is 0 Å². The Hall–Kier alpha value is -0.330. The van der Waals surface area contributed by atoms with E-state index < -0.39 is 0 Å². The summed E-state index contributed by atoms with van der Waals surface area (Å²) in [6.45, 7) is 0. The van der Waals surface area contributed by atoms with Crippen LogP contribution in [0.25, 0.3) is 0 Å². The molecule has 1 N–H and O–H groups in total. The fourth-order valence-electron chi connectivity index (χ4n) is 1.13. The molecule has 0 amide bonds. The van der Waals surface area contributed by atoms with Crippen molar-refractivity contribution < 1.29 is 0 Å². The average Bonchev–Trinajstić information content (AvgIpc) is 2.71. The third-order valence-corrected chi connectivity index (χ3v) is 4.10. The van der Waals surface area contributed by atoms with Crippen LogP contribution < -0.4 is 5.43 Å². The summed E-state index contributed by atoms with van der Waals surface area (Å²) in [7, 11) is 1.85. The summed E-state index contributed by atoms with van der Waals surface area (Å²) in [5, 5.41) is 9.15. The van der Waals surface area contributed by atoms with Crippen molar-refractivity contribution >= 4 is 39.5 Å². The molecule has 7 heteroatoms. The molecular weight excluding hydrogens is 240 g/mol. The number of rotatable bonds is 1. The Kier molecular flexibility index (Phi) is 2.94. The highest BCUT2D eigenvalue weighted by molar-refractivity contribution is 8.38. The Balaban J connectivity index is 2.15. The molecule has 0 saturated carbocycles. The molecule has 4 nitrogen and oxygen atoms in total. The quantitative estimate of drug-likeness (QED) is 0.826. The van der Waals surface area contributed by atoms with Crippen molar-refractivity contribution in [2.24, 2.45) is 12.1 Å². The molecule has 0 radical (unpaired) electrons. The first-order valence-electron chi connectivity index (χ1n) is 3.93. The van der Waals surface area contributed by atoms with Gasteiger partial charge in [-0.05, 0) is 6.26 Å². The summed E-state index contributed by atoms with van der Waals surface area (Å²) < 4.78 is 2.72. The van der Waals surface area contributed by atoms with E-state index in [0.29, 0.717) is 5.02 Å². The van der Waals surface area contributed by atoms with Crippen LogP contribution in [0.15, 0.2) is 11.3 Å². The van der Waals surface area contributed by atoms with Gasteiger partial charge >= 0.3 is 0 Å². The maximum absolute atomic E-state index is 6.02. The van der Waals surface area contributed by atoms with Gasteiger partial charge < -0.3 is 0 Å². The van der Waals surface area contributed by atoms with Crippen molar-refractivity contribution in [3.8, 4) is 0 Å². The lowest BCUT2D eigenvalue weighted by Gasteiger charge is -2.04. The molecule has 0 saturated heterocycles. The molecule has 0 spiro atoms. The topological polar surface area (TPSA) is 42.2 Å². The second-order valence-electron chi connectivity index (χ2n) is 2.74. The number of aryl methyl sites for hydroxylation is 1. The number of hydrazone groups is 1. The van der Waals surface area contributed by atoms with Gasteiger partial charge in [0.1, 0.15) is 11.1 Å². The van der Waals surface area contributed by atoms with E-state index in [9.17, 15) is 0 Å². The third kappa shape index (κ3) is 1.87. The van der Waals surface area contributed by atoms with E-state index in [1.165, 1.54) is 0 Å². The summed E-state index contributed by atoms with van der Waals surface area (Å²) in [6, 6.07) is 0. The second kappa shape index (κ2) is 4.04. The molecular formula is C7H9ClN4S2. The standard InChI is InChI=1S/C7H9ClN4S2/c1-12-3-4(8)5(11-12)6-9-10-7(13-2)14-6/h3,6,9H,1-2H3/t6-/m1/s1. The van der Waals surface area contributed by atoms with Crippen molar-refractivity contribution in [1.29, 1.82) is 0 Å². The zero-order chi connectivity index (χ0) is 10.1. The van der Waals surface area contributed by atoms with Crippen LogP contribution in [0.3, 0.4) is 0 Å². The molecule has 0 bridgehead atoms. The smallest absolute Gasteiger partial charge is 0.152 e. The number of aromatic nitrogens is 2. The van der Waals surface area contributed by atoms with E-state index in [2.05, 4.69) is 15.6 Å². The van der Waals surface area contributed by atoms with E-state index in [1.807, 2.05) is 13.3 Å². The van der Waals surface area contributed by atoms with Gasteiger partial charge in [0, 0.05) is 13.2 Å². The zero-order valence-corrected chi connectivity index (χ0v) is 10.1. The maximum atomic E-state index is 6.02. The molecule has 0 aliphatic carbocycles. The van der Waals surface area contributed by atoms with Gasteiger partial charge in [-0.1, -0.05) is 23.4 Å². The fraction of sp³-hybridized carbons (Fsp3) is 0.429. The first kappa shape index (κ1) is 10.2. The third-order valence-electron chi connectivity index (χ3n) is 1.73. The predicted octanol–water partition coefficient (Wildman–Crippen LogP) is 2.04. The lowest BCUT2D eigenvalue weighted by Crippen LogP contribution is -2.08. The largest absolute Gasteiger partial charge is 0.289 e. The Bertz CT molecular complexity index is 376. The van der Waals surface area contributed by atoms with Crippen molar-refractivity contribution in [1.82, 2.24) is 15.2 Å². The zero-order valence-electron chi connectivity index (χ0n) is 7.69. The number of nitrogens with one attached hydrogen (secondary N) is 1. The molecule has 0 fully saturated rings. The SMILES string of the molecule is CSC1=NN[C@@H](c2nn(C)cc2Cl)S1. The molecule has 1 aromatic rings. The molecule has 0 unspecified atom stereocenters. The fourth-order valence-corrected chi connectivity index (χ4v) is 3.00. The maximum Gasteiger partial charge on any atom is 0.152 e. The Labute approximate surface area is 95.5 Å². The van der Waals surface area contributed by atoms with E-state index in [0.717, 1.165) is 10.1 Å². The van der Waals surface area contributed by atoms with E-state index in [-0.39, 0.29) is 5.37 Å². The number of hydrogen-bond donors (Lipinski definition) is 1. The highest BCUT2D eigenvalue weighted by atomic mass is 35.5. The monoisotopic (exact) mass is 248 g/mol. The number of nitrogens with zero attached hydrogens (tertiary/aromatic N) is 3. The summed E-state index contributed by atoms with van der Waals surface area (Å²) in [4.78, 5) is 0. The van der Waals surface area contributed by atoms with Gasteiger partial charge in [-0.25, -0.2) is 0 Å². The lowest BCUT2D eigenvalue weighted by atomic mass is 10.4. The van der Waals surface area contributed by atoms with Gasteiger partial charge in [0.05, 0.1) is 5.02 Å². The van der Waals surface area contributed by atoms with Crippen LogP contribution in [0.1, 0.15) is 11.1 Å². The molecule has 0 aromatic carbocycles.